The average molecular weight is 361 g/mol. The molecule has 0 spiro atoms. The normalized spacial score (nSPS) is 16.2. The molecule has 0 unspecified atom stereocenters. The number of nitrogens with zero attached hydrogens (tertiary/aromatic N) is 2. The lowest BCUT2D eigenvalue weighted by Gasteiger charge is -2.34. The van der Waals surface area contributed by atoms with Gasteiger partial charge in [-0.1, -0.05) is 0 Å². The number of oxazole rings is 1. The average Bonchev–Trinajstić information content (AvgIpc) is 3.10. The fourth-order valence-corrected chi connectivity index (χ4v) is 3.32. The third-order valence-electron chi connectivity index (χ3n) is 4.81. The number of anilines is 3. The smallest absolute Gasteiger partial charge is 0.391 e. The van der Waals surface area contributed by atoms with E-state index >= 15 is 0 Å². The Morgan fingerprint density at radius 3 is 2.38 bits per heavy atom. The lowest BCUT2D eigenvalue weighted by Crippen LogP contribution is -2.38. The lowest BCUT2D eigenvalue weighted by atomic mass is 9.96. The van der Waals surface area contributed by atoms with Crippen molar-refractivity contribution in [2.24, 2.45) is 5.92 Å². The van der Waals surface area contributed by atoms with Crippen molar-refractivity contribution in [3.8, 4) is 0 Å². The summed E-state index contributed by atoms with van der Waals surface area (Å²) in [6.07, 6.45) is -2.36. The highest BCUT2D eigenvalue weighted by Gasteiger charge is 2.41. The summed E-state index contributed by atoms with van der Waals surface area (Å²) < 4.78 is 43.5. The van der Waals surface area contributed by atoms with Gasteiger partial charge in [0.05, 0.1) is 5.92 Å². The van der Waals surface area contributed by atoms with Crippen LogP contribution in [0.15, 0.2) is 53.3 Å². The molecule has 4 rings (SSSR count). The molecule has 0 radical (unpaired) electrons. The van der Waals surface area contributed by atoms with Gasteiger partial charge in [0.25, 0.3) is 0 Å². The van der Waals surface area contributed by atoms with Crippen molar-refractivity contribution in [1.29, 1.82) is 0 Å². The zero-order chi connectivity index (χ0) is 18.1. The number of hydrogen-bond acceptors (Lipinski definition) is 4. The van der Waals surface area contributed by atoms with Crippen molar-refractivity contribution in [2.75, 3.05) is 23.3 Å². The van der Waals surface area contributed by atoms with Crippen molar-refractivity contribution in [3.63, 3.8) is 0 Å². The molecule has 0 saturated carbocycles. The summed E-state index contributed by atoms with van der Waals surface area (Å²) in [6.45, 7) is 0.861. The Morgan fingerprint density at radius 2 is 1.69 bits per heavy atom. The fraction of sp³-hybridized carbons (Fsp3) is 0.316. The molecule has 26 heavy (non-hydrogen) atoms. The topological polar surface area (TPSA) is 41.3 Å². The molecule has 0 bridgehead atoms. The molecule has 2 heterocycles. The number of halogens is 3. The molecule has 1 fully saturated rings. The molecule has 1 aromatic heterocycles. The van der Waals surface area contributed by atoms with Crippen LogP contribution in [0.3, 0.4) is 0 Å². The van der Waals surface area contributed by atoms with Crippen molar-refractivity contribution in [2.45, 2.75) is 19.0 Å². The van der Waals surface area contributed by atoms with Crippen LogP contribution in [0.4, 0.5) is 30.2 Å². The largest absolute Gasteiger partial charge is 0.443 e. The van der Waals surface area contributed by atoms with Crippen LogP contribution in [0.2, 0.25) is 0 Å². The van der Waals surface area contributed by atoms with Crippen LogP contribution in [0.1, 0.15) is 12.8 Å². The Balaban J connectivity index is 1.40. The molecular formula is C19H18F3N3O. The van der Waals surface area contributed by atoms with Crippen LogP contribution < -0.4 is 10.2 Å². The molecule has 1 aliphatic rings. The third kappa shape index (κ3) is 3.47. The first-order chi connectivity index (χ1) is 12.5. The Hall–Kier alpha value is -2.70. The predicted octanol–water partition coefficient (Wildman–Crippen LogP) is 5.35. The maximum Gasteiger partial charge on any atom is 0.391 e. The van der Waals surface area contributed by atoms with E-state index in [0.29, 0.717) is 13.1 Å². The van der Waals surface area contributed by atoms with E-state index in [1.54, 1.807) is 0 Å². The predicted molar refractivity (Wildman–Crippen MR) is 94.7 cm³/mol. The zero-order valence-corrected chi connectivity index (χ0v) is 14.0. The number of rotatable bonds is 3. The van der Waals surface area contributed by atoms with Gasteiger partial charge in [-0.25, -0.2) is 4.98 Å². The summed E-state index contributed by atoms with van der Waals surface area (Å²) in [5.41, 5.74) is 4.25. The second-order valence-electron chi connectivity index (χ2n) is 6.51. The Kier molecular flexibility index (Phi) is 4.22. The minimum absolute atomic E-state index is 0.154. The standard InChI is InChI=1S/C19H18F3N3O/c20-19(21,22)13-7-9-25(10-8-13)16-4-1-14(2-5-16)24-15-3-6-18-17(11-15)23-12-26-18/h1-6,11-13,24H,7-10H2. The first kappa shape index (κ1) is 16.8. The van der Waals surface area contributed by atoms with E-state index < -0.39 is 12.1 Å². The van der Waals surface area contributed by atoms with Gasteiger partial charge in [-0.2, -0.15) is 13.2 Å². The van der Waals surface area contributed by atoms with Crippen molar-refractivity contribution in [1.82, 2.24) is 4.98 Å². The highest BCUT2D eigenvalue weighted by Crippen LogP contribution is 2.35. The van der Waals surface area contributed by atoms with Gasteiger partial charge in [0, 0.05) is 30.2 Å². The quantitative estimate of drug-likeness (QED) is 0.683. The number of nitrogens with one attached hydrogen (secondary N) is 1. The second-order valence-corrected chi connectivity index (χ2v) is 6.51. The van der Waals surface area contributed by atoms with Crippen LogP contribution in [-0.2, 0) is 0 Å². The van der Waals surface area contributed by atoms with Crippen molar-refractivity contribution in [3.05, 3.63) is 48.9 Å². The fourth-order valence-electron chi connectivity index (χ4n) is 3.32. The molecule has 3 aromatic rings. The zero-order valence-electron chi connectivity index (χ0n) is 14.0. The summed E-state index contributed by atoms with van der Waals surface area (Å²) in [6, 6.07) is 13.4. The first-order valence-corrected chi connectivity index (χ1v) is 8.51. The summed E-state index contributed by atoms with van der Waals surface area (Å²) in [5, 5.41) is 3.29. The molecule has 0 amide bonds. The number of fused-ring (bicyclic) bond motifs is 1. The Morgan fingerprint density at radius 1 is 1.00 bits per heavy atom. The molecule has 2 aromatic carbocycles. The van der Waals surface area contributed by atoms with E-state index in [-0.39, 0.29) is 12.8 Å². The van der Waals surface area contributed by atoms with E-state index in [4.69, 9.17) is 4.42 Å². The van der Waals surface area contributed by atoms with E-state index in [1.807, 2.05) is 47.4 Å². The summed E-state index contributed by atoms with van der Waals surface area (Å²) in [4.78, 5) is 6.13. The van der Waals surface area contributed by atoms with E-state index in [9.17, 15) is 13.2 Å². The number of hydrogen-bond donors (Lipinski definition) is 1. The first-order valence-electron chi connectivity index (χ1n) is 8.51. The van der Waals surface area contributed by atoms with Crippen LogP contribution >= 0.6 is 0 Å². The van der Waals surface area contributed by atoms with Crippen LogP contribution in [0.5, 0.6) is 0 Å². The summed E-state index contributed by atoms with van der Waals surface area (Å²) >= 11 is 0. The Labute approximate surface area is 148 Å². The minimum Gasteiger partial charge on any atom is -0.443 e. The summed E-state index contributed by atoms with van der Waals surface area (Å²) in [7, 11) is 0. The van der Waals surface area contributed by atoms with Gasteiger partial charge in [-0.3, -0.25) is 0 Å². The van der Waals surface area contributed by atoms with Crippen LogP contribution in [-0.4, -0.2) is 24.2 Å². The SMILES string of the molecule is FC(F)(F)C1CCN(c2ccc(Nc3ccc4ocnc4c3)cc2)CC1. The molecule has 0 atom stereocenters. The summed E-state index contributed by atoms with van der Waals surface area (Å²) in [5.74, 6) is -1.17. The highest BCUT2D eigenvalue weighted by molar-refractivity contribution is 5.78. The Bertz CT molecular complexity index is 881. The molecule has 0 aliphatic carbocycles. The van der Waals surface area contributed by atoms with Gasteiger partial charge < -0.3 is 14.6 Å². The molecule has 1 saturated heterocycles. The number of benzene rings is 2. The van der Waals surface area contributed by atoms with E-state index in [2.05, 4.69) is 10.3 Å². The molecule has 7 heteroatoms. The van der Waals surface area contributed by atoms with Gasteiger partial charge in [-0.05, 0) is 55.3 Å². The highest BCUT2D eigenvalue weighted by atomic mass is 19.4. The maximum absolute atomic E-state index is 12.8. The van der Waals surface area contributed by atoms with Gasteiger partial charge in [-0.15, -0.1) is 0 Å². The van der Waals surface area contributed by atoms with Crippen LogP contribution in [0.25, 0.3) is 11.1 Å². The molecule has 1 N–H and O–H groups in total. The number of aromatic nitrogens is 1. The van der Waals surface area contributed by atoms with Crippen molar-refractivity contribution < 1.29 is 17.6 Å². The van der Waals surface area contributed by atoms with Crippen LogP contribution in [0, 0.1) is 5.92 Å². The van der Waals surface area contributed by atoms with Gasteiger partial charge >= 0.3 is 6.18 Å². The van der Waals surface area contributed by atoms with E-state index in [0.717, 1.165) is 28.2 Å². The molecule has 1 aliphatic heterocycles. The molecular weight excluding hydrogens is 343 g/mol. The maximum atomic E-state index is 12.8. The van der Waals surface area contributed by atoms with Gasteiger partial charge in [0.1, 0.15) is 5.52 Å². The molecule has 136 valence electrons. The van der Waals surface area contributed by atoms with E-state index in [1.165, 1.54) is 6.39 Å². The number of piperidine rings is 1. The third-order valence-corrected chi connectivity index (χ3v) is 4.81. The second kappa shape index (κ2) is 6.55. The number of alkyl halides is 3. The molecule has 4 nitrogen and oxygen atoms in total. The van der Waals surface area contributed by atoms with Gasteiger partial charge in [0.2, 0.25) is 0 Å². The monoisotopic (exact) mass is 361 g/mol. The van der Waals surface area contributed by atoms with Gasteiger partial charge in [0.15, 0.2) is 12.0 Å². The lowest BCUT2D eigenvalue weighted by molar-refractivity contribution is -0.179. The minimum atomic E-state index is -4.08. The van der Waals surface area contributed by atoms with Crippen molar-refractivity contribution >= 4 is 28.2 Å².